The van der Waals surface area contributed by atoms with E-state index in [2.05, 4.69) is 4.98 Å². The van der Waals surface area contributed by atoms with Crippen molar-refractivity contribution in [2.45, 2.75) is 19.2 Å². The first-order chi connectivity index (χ1) is 13.8. The van der Waals surface area contributed by atoms with Gasteiger partial charge in [0.1, 0.15) is 17.4 Å². The van der Waals surface area contributed by atoms with Crippen LogP contribution in [0.2, 0.25) is 0 Å². The lowest BCUT2D eigenvalue weighted by Crippen LogP contribution is -2.05. The van der Waals surface area contributed by atoms with E-state index < -0.39 is 17.8 Å². The summed E-state index contributed by atoms with van der Waals surface area (Å²) >= 11 is 0.767. The van der Waals surface area contributed by atoms with Crippen molar-refractivity contribution in [1.29, 1.82) is 0 Å². The molecule has 150 valence electrons. The fraction of sp³-hybridized carbons (Fsp3) is 0.143. The Bertz CT molecular complexity index is 996. The summed E-state index contributed by atoms with van der Waals surface area (Å²) in [4.78, 5) is 14.7. The Hall–Kier alpha value is -3.13. The summed E-state index contributed by atoms with van der Waals surface area (Å²) in [6.07, 6.45) is -3.55. The van der Waals surface area contributed by atoms with E-state index in [0.717, 1.165) is 33.9 Å². The number of thiazole rings is 1. The summed E-state index contributed by atoms with van der Waals surface area (Å²) in [6.45, 7) is 0.406. The van der Waals surface area contributed by atoms with Crippen LogP contribution in [0.15, 0.2) is 66.1 Å². The number of hydrogen-bond acceptors (Lipinski definition) is 4. The molecule has 1 heterocycles. The summed E-state index contributed by atoms with van der Waals surface area (Å²) in [5.74, 6) is -0.610. The van der Waals surface area contributed by atoms with Gasteiger partial charge in [-0.05, 0) is 28.8 Å². The minimum Gasteiger partial charge on any atom is -0.489 e. The highest BCUT2D eigenvalue weighted by atomic mass is 32.1. The average molecular weight is 419 g/mol. The molecule has 0 bridgehead atoms. The first-order valence-corrected chi connectivity index (χ1v) is 9.41. The van der Waals surface area contributed by atoms with E-state index in [1.54, 1.807) is 24.3 Å². The van der Waals surface area contributed by atoms with Gasteiger partial charge in [0.25, 0.3) is 0 Å². The van der Waals surface area contributed by atoms with Gasteiger partial charge in [0.05, 0.1) is 0 Å². The molecule has 0 saturated carbocycles. The third-order valence-electron chi connectivity index (χ3n) is 3.93. The molecule has 0 aliphatic rings. The second-order valence-electron chi connectivity index (χ2n) is 6.14. The molecule has 8 heteroatoms. The Kier molecular flexibility index (Phi) is 6.33. The molecule has 29 heavy (non-hydrogen) atoms. The van der Waals surface area contributed by atoms with Crippen LogP contribution in [0, 0.1) is 0 Å². The number of ether oxygens (including phenoxy) is 1. The number of alkyl halides is 3. The zero-order valence-corrected chi connectivity index (χ0v) is 15.8. The van der Waals surface area contributed by atoms with E-state index in [4.69, 9.17) is 9.84 Å². The summed E-state index contributed by atoms with van der Waals surface area (Å²) in [5.41, 5.74) is 0.926. The van der Waals surface area contributed by atoms with Gasteiger partial charge in [-0.1, -0.05) is 42.5 Å². The topological polar surface area (TPSA) is 59.4 Å². The van der Waals surface area contributed by atoms with Crippen LogP contribution in [0.4, 0.5) is 13.2 Å². The molecule has 0 fully saturated rings. The van der Waals surface area contributed by atoms with Crippen LogP contribution >= 0.6 is 11.3 Å². The summed E-state index contributed by atoms with van der Waals surface area (Å²) in [5, 5.41) is 9.98. The number of aromatic nitrogens is 1. The summed E-state index contributed by atoms with van der Waals surface area (Å²) in [7, 11) is 0. The van der Waals surface area contributed by atoms with E-state index >= 15 is 0 Å². The Morgan fingerprint density at radius 2 is 1.76 bits per heavy atom. The lowest BCUT2D eigenvalue weighted by molar-refractivity contribution is -0.140. The molecule has 4 nitrogen and oxygen atoms in total. The number of carbonyl (C=O) groups is 1. The molecule has 1 N–H and O–H groups in total. The normalized spacial score (nSPS) is 12.0. The Morgan fingerprint density at radius 3 is 2.34 bits per heavy atom. The van der Waals surface area contributed by atoms with Crippen LogP contribution < -0.4 is 4.74 Å². The lowest BCUT2D eigenvalue weighted by Gasteiger charge is -2.08. The monoisotopic (exact) mass is 419 g/mol. The number of hydrogen-bond donors (Lipinski definition) is 1. The molecule has 0 radical (unpaired) electrons. The van der Waals surface area contributed by atoms with Crippen molar-refractivity contribution in [2.75, 3.05) is 0 Å². The van der Waals surface area contributed by atoms with Gasteiger partial charge in [-0.15, -0.1) is 11.3 Å². The molecular weight excluding hydrogens is 403 g/mol. The van der Waals surface area contributed by atoms with E-state index in [1.807, 2.05) is 30.3 Å². The minimum absolute atomic E-state index is 0.0316. The Morgan fingerprint density at radius 1 is 1.07 bits per heavy atom. The summed E-state index contributed by atoms with van der Waals surface area (Å²) < 4.78 is 44.1. The maximum atomic E-state index is 12.8. The molecule has 0 amide bonds. The highest BCUT2D eigenvalue weighted by molar-refractivity contribution is 7.10. The molecule has 2 aromatic carbocycles. The van der Waals surface area contributed by atoms with Crippen LogP contribution in [0.3, 0.4) is 0 Å². The quantitative estimate of drug-likeness (QED) is 0.517. The SMILES string of the molecule is O=C(O)C=C(Cc1ccc(OCc2ccccc2)cc1)c1nc(C(F)(F)F)cs1. The molecular formula is C21H16F3NO3S. The number of benzene rings is 2. The van der Waals surface area contributed by atoms with Crippen LogP contribution in [-0.4, -0.2) is 16.1 Å². The van der Waals surface area contributed by atoms with Gasteiger partial charge < -0.3 is 9.84 Å². The maximum absolute atomic E-state index is 12.8. The van der Waals surface area contributed by atoms with Crippen LogP contribution in [0.25, 0.3) is 5.57 Å². The standard InChI is InChI=1S/C21H16F3NO3S/c22-21(23,24)18-13-29-20(25-18)16(11-19(26)27)10-14-6-8-17(9-7-14)28-12-15-4-2-1-3-5-15/h1-9,11,13H,10,12H2,(H,26,27). The molecule has 0 unspecified atom stereocenters. The number of carboxylic acid groups (broad SMARTS) is 1. The predicted molar refractivity (Wildman–Crippen MR) is 104 cm³/mol. The number of halogens is 3. The molecule has 0 aliphatic carbocycles. The zero-order valence-electron chi connectivity index (χ0n) is 15.0. The molecule has 0 aliphatic heterocycles. The van der Waals surface area contributed by atoms with Gasteiger partial charge in [-0.25, -0.2) is 9.78 Å². The molecule has 0 atom stereocenters. The molecule has 3 rings (SSSR count). The van der Waals surface area contributed by atoms with Crippen molar-refractivity contribution in [3.63, 3.8) is 0 Å². The number of carboxylic acids is 1. The largest absolute Gasteiger partial charge is 0.489 e. The Balaban J connectivity index is 1.71. The van der Waals surface area contributed by atoms with Gasteiger partial charge in [0.2, 0.25) is 0 Å². The van der Waals surface area contributed by atoms with Crippen molar-refractivity contribution in [3.8, 4) is 5.75 Å². The minimum atomic E-state index is -4.57. The van der Waals surface area contributed by atoms with Crippen LogP contribution in [0.1, 0.15) is 21.8 Å². The summed E-state index contributed by atoms with van der Waals surface area (Å²) in [6, 6.07) is 16.6. The van der Waals surface area contributed by atoms with Gasteiger partial charge >= 0.3 is 12.1 Å². The fourth-order valence-electron chi connectivity index (χ4n) is 2.55. The van der Waals surface area contributed by atoms with Gasteiger partial charge in [0.15, 0.2) is 5.69 Å². The maximum Gasteiger partial charge on any atom is 0.434 e. The van der Waals surface area contributed by atoms with Gasteiger partial charge in [-0.2, -0.15) is 13.2 Å². The van der Waals surface area contributed by atoms with Crippen molar-refractivity contribution < 1.29 is 27.8 Å². The smallest absolute Gasteiger partial charge is 0.434 e. The lowest BCUT2D eigenvalue weighted by atomic mass is 10.0. The predicted octanol–water partition coefficient (Wildman–Crippen LogP) is 5.45. The van der Waals surface area contributed by atoms with E-state index in [9.17, 15) is 18.0 Å². The van der Waals surface area contributed by atoms with E-state index in [-0.39, 0.29) is 17.0 Å². The first-order valence-electron chi connectivity index (χ1n) is 8.53. The molecule has 0 saturated heterocycles. The third kappa shape index (κ3) is 5.92. The van der Waals surface area contributed by atoms with Crippen molar-refractivity contribution in [3.05, 3.63) is 87.9 Å². The Labute approximate surface area is 168 Å². The highest BCUT2D eigenvalue weighted by Crippen LogP contribution is 2.33. The van der Waals surface area contributed by atoms with Gasteiger partial charge in [0, 0.05) is 17.9 Å². The van der Waals surface area contributed by atoms with Crippen molar-refractivity contribution in [1.82, 2.24) is 4.98 Å². The zero-order chi connectivity index (χ0) is 20.9. The fourth-order valence-corrected chi connectivity index (χ4v) is 3.40. The molecule has 1 aromatic heterocycles. The van der Waals surface area contributed by atoms with Crippen molar-refractivity contribution in [2.24, 2.45) is 0 Å². The second-order valence-corrected chi connectivity index (χ2v) is 7.00. The highest BCUT2D eigenvalue weighted by Gasteiger charge is 2.34. The second kappa shape index (κ2) is 8.91. The first kappa shape index (κ1) is 20.6. The molecule has 0 spiro atoms. The van der Waals surface area contributed by atoms with Crippen LogP contribution in [0.5, 0.6) is 5.75 Å². The third-order valence-corrected chi connectivity index (χ3v) is 4.85. The average Bonchev–Trinajstić information content (AvgIpc) is 3.18. The number of allylic oxidation sites excluding steroid dienone is 1. The van der Waals surface area contributed by atoms with E-state index in [1.165, 1.54) is 0 Å². The van der Waals surface area contributed by atoms with Gasteiger partial charge in [-0.3, -0.25) is 0 Å². The molecule has 3 aromatic rings. The number of rotatable bonds is 7. The number of aliphatic carboxylic acids is 1. The van der Waals surface area contributed by atoms with E-state index in [0.29, 0.717) is 12.4 Å². The van der Waals surface area contributed by atoms with Crippen molar-refractivity contribution >= 4 is 22.9 Å². The van der Waals surface area contributed by atoms with Crippen LogP contribution in [-0.2, 0) is 24.0 Å². The number of nitrogens with zero attached hydrogens (tertiary/aromatic N) is 1.